The Morgan fingerprint density at radius 2 is 1.54 bits per heavy atom. The lowest BCUT2D eigenvalue weighted by molar-refractivity contribution is 0.102. The Kier molecular flexibility index (Phi) is 6.36. The van der Waals surface area contributed by atoms with Gasteiger partial charge in [-0.15, -0.1) is 0 Å². The van der Waals surface area contributed by atoms with Crippen molar-refractivity contribution in [1.82, 2.24) is 4.31 Å². The summed E-state index contributed by atoms with van der Waals surface area (Å²) in [7, 11) is -3.52. The zero-order chi connectivity index (χ0) is 20.1. The van der Waals surface area contributed by atoms with E-state index in [4.69, 9.17) is 0 Å². The van der Waals surface area contributed by atoms with Crippen LogP contribution in [0.3, 0.4) is 0 Å². The summed E-state index contributed by atoms with van der Waals surface area (Å²) in [5.74, 6) is -0.263. The van der Waals surface area contributed by atoms with Crippen LogP contribution in [0.1, 0.15) is 37.0 Å². The maximum Gasteiger partial charge on any atom is 0.255 e. The van der Waals surface area contributed by atoms with Gasteiger partial charge in [-0.05, 0) is 61.4 Å². The van der Waals surface area contributed by atoms with E-state index >= 15 is 0 Å². The van der Waals surface area contributed by atoms with Crippen LogP contribution in [0.4, 0.5) is 11.4 Å². The van der Waals surface area contributed by atoms with Crippen molar-refractivity contribution >= 4 is 27.3 Å². The highest BCUT2D eigenvalue weighted by Gasteiger charge is 2.21. The van der Waals surface area contributed by atoms with Gasteiger partial charge in [0.05, 0.1) is 4.90 Å². The second-order valence-electron chi connectivity index (χ2n) is 6.81. The number of nitrogens with zero attached hydrogens (tertiary/aromatic N) is 2. The predicted octanol–water partition coefficient (Wildman–Crippen LogP) is 3.57. The zero-order valence-corrected chi connectivity index (χ0v) is 17.2. The molecule has 1 saturated heterocycles. The van der Waals surface area contributed by atoms with Crippen LogP contribution in [0.25, 0.3) is 0 Å². The van der Waals surface area contributed by atoms with Crippen molar-refractivity contribution in [3.05, 3.63) is 54.1 Å². The molecule has 1 fully saturated rings. The Hall–Kier alpha value is -2.38. The summed E-state index contributed by atoms with van der Waals surface area (Å²) in [6, 6.07) is 13.9. The van der Waals surface area contributed by atoms with E-state index in [2.05, 4.69) is 10.2 Å². The Balaban J connectivity index is 1.68. The molecule has 2 aromatic rings. The van der Waals surface area contributed by atoms with Gasteiger partial charge in [0.15, 0.2) is 0 Å². The van der Waals surface area contributed by atoms with Crippen LogP contribution in [-0.4, -0.2) is 44.8 Å². The highest BCUT2D eigenvalue weighted by Crippen LogP contribution is 2.22. The molecule has 1 aliphatic heterocycles. The fraction of sp³-hybridized carbons (Fsp3) is 0.381. The smallest absolute Gasteiger partial charge is 0.255 e. The van der Waals surface area contributed by atoms with E-state index in [0.29, 0.717) is 24.3 Å². The summed E-state index contributed by atoms with van der Waals surface area (Å²) < 4.78 is 26.5. The lowest BCUT2D eigenvalue weighted by Crippen LogP contribution is -2.30. The fourth-order valence-electron chi connectivity index (χ4n) is 3.43. The van der Waals surface area contributed by atoms with Crippen molar-refractivity contribution in [2.24, 2.45) is 0 Å². The van der Waals surface area contributed by atoms with Crippen molar-refractivity contribution in [2.45, 2.75) is 31.6 Å². The molecule has 0 bridgehead atoms. The van der Waals surface area contributed by atoms with Gasteiger partial charge in [0.1, 0.15) is 0 Å². The second kappa shape index (κ2) is 8.75. The van der Waals surface area contributed by atoms with Gasteiger partial charge < -0.3 is 10.2 Å². The third-order valence-electron chi connectivity index (χ3n) is 5.06. The first-order valence-corrected chi connectivity index (χ1v) is 11.2. The zero-order valence-electron chi connectivity index (χ0n) is 16.4. The molecule has 1 aliphatic rings. The number of carbonyl (C=O) groups is 1. The number of benzene rings is 2. The maximum atomic E-state index is 12.5. The molecule has 1 heterocycles. The average molecular weight is 402 g/mol. The first kappa shape index (κ1) is 20.4. The monoisotopic (exact) mass is 401 g/mol. The molecular formula is C21H27N3O3S. The van der Waals surface area contributed by atoms with E-state index in [1.807, 2.05) is 24.3 Å². The predicted molar refractivity (Wildman–Crippen MR) is 112 cm³/mol. The first-order valence-electron chi connectivity index (χ1n) is 9.72. The van der Waals surface area contributed by atoms with Gasteiger partial charge >= 0.3 is 0 Å². The van der Waals surface area contributed by atoms with Crippen LogP contribution in [0.2, 0.25) is 0 Å². The van der Waals surface area contributed by atoms with Gasteiger partial charge in [0.25, 0.3) is 5.91 Å². The largest absolute Gasteiger partial charge is 0.372 e. The minimum atomic E-state index is -3.52. The highest BCUT2D eigenvalue weighted by atomic mass is 32.2. The minimum absolute atomic E-state index is 0.197. The van der Waals surface area contributed by atoms with E-state index in [1.54, 1.807) is 26.0 Å². The van der Waals surface area contributed by atoms with Crippen molar-refractivity contribution in [2.75, 3.05) is 36.4 Å². The number of anilines is 2. The van der Waals surface area contributed by atoms with Gasteiger partial charge in [-0.25, -0.2) is 8.42 Å². The SMILES string of the molecule is CCN(CC)S(=O)(=O)c1ccc(C(=O)Nc2ccc(N3CCCC3)cc2)cc1. The average Bonchev–Trinajstić information content (AvgIpc) is 3.24. The topological polar surface area (TPSA) is 69.7 Å². The summed E-state index contributed by atoms with van der Waals surface area (Å²) in [4.78, 5) is 15.0. The van der Waals surface area contributed by atoms with E-state index in [0.717, 1.165) is 13.1 Å². The van der Waals surface area contributed by atoms with Crippen LogP contribution >= 0.6 is 0 Å². The number of nitrogens with one attached hydrogen (secondary N) is 1. The normalized spacial score (nSPS) is 14.5. The molecule has 7 heteroatoms. The first-order chi connectivity index (χ1) is 13.5. The quantitative estimate of drug-likeness (QED) is 0.770. The molecule has 1 N–H and O–H groups in total. The van der Waals surface area contributed by atoms with E-state index < -0.39 is 10.0 Å². The van der Waals surface area contributed by atoms with Crippen LogP contribution in [0.5, 0.6) is 0 Å². The third-order valence-corrected chi connectivity index (χ3v) is 7.12. The molecule has 0 spiro atoms. The van der Waals surface area contributed by atoms with Crippen molar-refractivity contribution in [3.63, 3.8) is 0 Å². The molecule has 3 rings (SSSR count). The van der Waals surface area contributed by atoms with Gasteiger partial charge in [-0.3, -0.25) is 4.79 Å². The van der Waals surface area contributed by atoms with Crippen LogP contribution < -0.4 is 10.2 Å². The van der Waals surface area contributed by atoms with E-state index in [-0.39, 0.29) is 10.8 Å². The summed E-state index contributed by atoms with van der Waals surface area (Å²) in [6.07, 6.45) is 2.44. The molecule has 0 radical (unpaired) electrons. The lowest BCUT2D eigenvalue weighted by Gasteiger charge is -2.18. The Bertz CT molecular complexity index is 899. The molecule has 0 unspecified atom stereocenters. The van der Waals surface area contributed by atoms with Gasteiger partial charge in [-0.1, -0.05) is 13.8 Å². The maximum absolute atomic E-state index is 12.5. The number of amides is 1. The molecule has 0 saturated carbocycles. The molecular weight excluding hydrogens is 374 g/mol. The van der Waals surface area contributed by atoms with E-state index in [9.17, 15) is 13.2 Å². The Labute approximate surface area is 167 Å². The molecule has 150 valence electrons. The van der Waals surface area contributed by atoms with Crippen LogP contribution in [0.15, 0.2) is 53.4 Å². The molecule has 6 nitrogen and oxygen atoms in total. The van der Waals surface area contributed by atoms with Gasteiger partial charge in [0.2, 0.25) is 10.0 Å². The lowest BCUT2D eigenvalue weighted by atomic mass is 10.2. The van der Waals surface area contributed by atoms with Crippen LogP contribution in [-0.2, 0) is 10.0 Å². The number of carbonyl (C=O) groups excluding carboxylic acids is 1. The second-order valence-corrected chi connectivity index (χ2v) is 8.75. The summed E-state index contributed by atoms with van der Waals surface area (Å²) in [6.45, 7) is 6.58. The Morgan fingerprint density at radius 3 is 2.07 bits per heavy atom. The highest BCUT2D eigenvalue weighted by molar-refractivity contribution is 7.89. The molecule has 2 aromatic carbocycles. The number of hydrogen-bond donors (Lipinski definition) is 1. The van der Waals surface area contributed by atoms with Gasteiger partial charge in [-0.2, -0.15) is 4.31 Å². The molecule has 1 amide bonds. The summed E-state index contributed by atoms with van der Waals surface area (Å²) >= 11 is 0. The Morgan fingerprint density at radius 1 is 0.964 bits per heavy atom. The van der Waals surface area contributed by atoms with Crippen molar-refractivity contribution in [3.8, 4) is 0 Å². The molecule has 0 aromatic heterocycles. The molecule has 28 heavy (non-hydrogen) atoms. The summed E-state index contributed by atoms with van der Waals surface area (Å²) in [5, 5.41) is 2.86. The van der Waals surface area contributed by atoms with Crippen LogP contribution in [0, 0.1) is 0 Å². The summed E-state index contributed by atoms with van der Waals surface area (Å²) in [5.41, 5.74) is 2.30. The standard InChI is InChI=1S/C21H27N3O3S/c1-3-24(4-2)28(26,27)20-13-7-17(8-14-20)21(25)22-18-9-11-19(12-10-18)23-15-5-6-16-23/h7-14H,3-6,15-16H2,1-2H3,(H,22,25). The number of sulfonamides is 1. The third kappa shape index (κ3) is 4.36. The number of hydrogen-bond acceptors (Lipinski definition) is 4. The van der Waals surface area contributed by atoms with Crippen molar-refractivity contribution < 1.29 is 13.2 Å². The van der Waals surface area contributed by atoms with Crippen molar-refractivity contribution in [1.29, 1.82) is 0 Å². The molecule has 0 atom stereocenters. The van der Waals surface area contributed by atoms with E-state index in [1.165, 1.54) is 35.0 Å². The minimum Gasteiger partial charge on any atom is -0.372 e. The van der Waals surface area contributed by atoms with Gasteiger partial charge in [0, 0.05) is 43.1 Å². The molecule has 0 aliphatic carbocycles. The fourth-order valence-corrected chi connectivity index (χ4v) is 4.88. The number of rotatable bonds is 7.